The molecule has 0 amide bonds. The number of hydrogen-bond acceptors (Lipinski definition) is 5. The van der Waals surface area contributed by atoms with Gasteiger partial charge in [-0.05, 0) is 61.8 Å². The minimum absolute atomic E-state index is 0.127. The molecule has 0 aromatic heterocycles. The fourth-order valence-corrected chi connectivity index (χ4v) is 3.88. The molecule has 1 aliphatic carbocycles. The summed E-state index contributed by atoms with van der Waals surface area (Å²) in [4.78, 5) is 27.2. The van der Waals surface area contributed by atoms with Crippen LogP contribution in [0, 0.1) is 0 Å². The summed E-state index contributed by atoms with van der Waals surface area (Å²) in [5, 5.41) is 0. The van der Waals surface area contributed by atoms with Crippen molar-refractivity contribution in [3.05, 3.63) is 40.3 Å². The molecule has 4 rings (SSSR count). The number of methoxy groups -OCH3 is 1. The van der Waals surface area contributed by atoms with Crippen LogP contribution in [0.5, 0.6) is 5.75 Å². The van der Waals surface area contributed by atoms with Crippen LogP contribution in [0.4, 0.5) is 0 Å². The van der Waals surface area contributed by atoms with Crippen LogP contribution in [0.1, 0.15) is 47.2 Å². The summed E-state index contributed by atoms with van der Waals surface area (Å²) in [5.41, 5.74) is 3.33. The van der Waals surface area contributed by atoms with Crippen molar-refractivity contribution in [1.82, 2.24) is 4.90 Å². The summed E-state index contributed by atoms with van der Waals surface area (Å²) < 4.78 is 10.8. The first kappa shape index (κ1) is 15.2. The Morgan fingerprint density at radius 3 is 2.50 bits per heavy atom. The second-order valence-electron chi connectivity index (χ2n) is 6.62. The van der Waals surface area contributed by atoms with Crippen molar-refractivity contribution in [2.45, 2.75) is 38.5 Å². The number of hydrogen-bond donors (Lipinski definition) is 0. The van der Waals surface area contributed by atoms with Crippen molar-refractivity contribution < 1.29 is 19.1 Å². The summed E-state index contributed by atoms with van der Waals surface area (Å²) in [6, 6.07) is 3.91. The molecule has 0 bridgehead atoms. The molecule has 126 valence electrons. The number of carbonyl (C=O) groups is 2. The van der Waals surface area contributed by atoms with Gasteiger partial charge in [0.1, 0.15) is 5.75 Å². The molecule has 24 heavy (non-hydrogen) atoms. The van der Waals surface area contributed by atoms with E-state index in [1.165, 1.54) is 18.2 Å². The quantitative estimate of drug-likeness (QED) is 0.617. The molecular weight excluding hydrogens is 306 g/mol. The molecule has 3 aliphatic rings. The Morgan fingerprint density at radius 1 is 1.08 bits per heavy atom. The van der Waals surface area contributed by atoms with Gasteiger partial charge in [0, 0.05) is 13.1 Å². The maximum absolute atomic E-state index is 12.9. The van der Waals surface area contributed by atoms with E-state index < -0.39 is 5.97 Å². The molecule has 0 atom stereocenters. The molecule has 2 aliphatic heterocycles. The van der Waals surface area contributed by atoms with Crippen LogP contribution >= 0.6 is 0 Å². The van der Waals surface area contributed by atoms with Gasteiger partial charge >= 0.3 is 5.97 Å². The molecule has 0 unspecified atom stereocenters. The Balaban J connectivity index is 1.76. The van der Waals surface area contributed by atoms with E-state index in [9.17, 15) is 9.59 Å². The number of ether oxygens (including phenoxy) is 2. The van der Waals surface area contributed by atoms with Crippen LogP contribution in [-0.4, -0.2) is 36.9 Å². The molecule has 5 heteroatoms. The number of rotatable bonds is 2. The highest BCUT2D eigenvalue weighted by Crippen LogP contribution is 2.38. The molecule has 0 saturated carbocycles. The zero-order chi connectivity index (χ0) is 16.7. The lowest BCUT2D eigenvalue weighted by Gasteiger charge is -2.29. The molecule has 5 nitrogen and oxygen atoms in total. The summed E-state index contributed by atoms with van der Waals surface area (Å²) in [7, 11) is 1.34. The van der Waals surface area contributed by atoms with Crippen molar-refractivity contribution in [3.63, 3.8) is 0 Å². The maximum Gasteiger partial charge on any atom is 0.358 e. The van der Waals surface area contributed by atoms with Gasteiger partial charge in [-0.15, -0.1) is 0 Å². The second-order valence-corrected chi connectivity index (χ2v) is 6.62. The first-order chi connectivity index (χ1) is 11.7. The van der Waals surface area contributed by atoms with Crippen LogP contribution in [0.25, 0.3) is 0 Å². The molecule has 1 aromatic carbocycles. The van der Waals surface area contributed by atoms with Gasteiger partial charge in [0.15, 0.2) is 5.70 Å². The number of nitrogens with zero attached hydrogens (tertiary/aromatic N) is 1. The van der Waals surface area contributed by atoms with Crippen LogP contribution in [0.2, 0.25) is 0 Å². The lowest BCUT2D eigenvalue weighted by Crippen LogP contribution is -2.35. The summed E-state index contributed by atoms with van der Waals surface area (Å²) in [5.74, 6) is 0.00255. The van der Waals surface area contributed by atoms with E-state index in [1.807, 2.05) is 17.0 Å². The average molecular weight is 327 g/mol. The number of aryl methyl sites for hydroxylation is 2. The van der Waals surface area contributed by atoms with Gasteiger partial charge in [-0.3, -0.25) is 4.79 Å². The first-order valence-electron chi connectivity index (χ1n) is 8.65. The fraction of sp³-hybridized carbons (Fsp3) is 0.474. The number of carbonyl (C=O) groups excluding carboxylic acids is 2. The minimum Gasteiger partial charge on any atom is -0.464 e. The molecule has 1 saturated heterocycles. The topological polar surface area (TPSA) is 55.8 Å². The molecule has 2 heterocycles. The van der Waals surface area contributed by atoms with Gasteiger partial charge < -0.3 is 14.4 Å². The maximum atomic E-state index is 12.9. The number of ketones is 1. The number of Topliss-reactive ketones (excluding diaryl/α,β-unsaturated/α-hetero) is 1. The van der Waals surface area contributed by atoms with Gasteiger partial charge in [0.2, 0.25) is 11.5 Å². The van der Waals surface area contributed by atoms with Crippen molar-refractivity contribution in [2.24, 2.45) is 0 Å². The van der Waals surface area contributed by atoms with E-state index in [0.29, 0.717) is 11.3 Å². The summed E-state index contributed by atoms with van der Waals surface area (Å²) in [6.07, 6.45) is 6.30. The lowest BCUT2D eigenvalue weighted by atomic mass is 10.0. The van der Waals surface area contributed by atoms with Gasteiger partial charge in [-0.2, -0.15) is 0 Å². The second kappa shape index (κ2) is 5.96. The average Bonchev–Trinajstić information content (AvgIpc) is 3.19. The number of allylic oxidation sites excluding steroid dienone is 1. The van der Waals surface area contributed by atoms with E-state index in [-0.39, 0.29) is 17.2 Å². The SMILES string of the molecule is COC(=O)/C(=C1/Oc2cc3c(cc2C1=O)CCC3)N1CCCCC1. The van der Waals surface area contributed by atoms with E-state index in [1.54, 1.807) is 0 Å². The van der Waals surface area contributed by atoms with Crippen LogP contribution < -0.4 is 4.74 Å². The monoisotopic (exact) mass is 327 g/mol. The van der Waals surface area contributed by atoms with Gasteiger partial charge in [-0.25, -0.2) is 4.79 Å². The van der Waals surface area contributed by atoms with Crippen molar-refractivity contribution in [3.8, 4) is 5.75 Å². The van der Waals surface area contributed by atoms with Crippen molar-refractivity contribution in [1.29, 1.82) is 0 Å². The van der Waals surface area contributed by atoms with Gasteiger partial charge in [-0.1, -0.05) is 0 Å². The molecule has 1 fully saturated rings. The summed E-state index contributed by atoms with van der Waals surface area (Å²) in [6.45, 7) is 1.49. The Bertz CT molecular complexity index is 744. The van der Waals surface area contributed by atoms with Gasteiger partial charge in [0.05, 0.1) is 12.7 Å². The normalized spacial score (nSPS) is 21.2. The highest BCUT2D eigenvalue weighted by Gasteiger charge is 2.37. The highest BCUT2D eigenvalue weighted by molar-refractivity contribution is 6.15. The standard InChI is InChI=1S/C19H21NO4/c1-23-19(22)16(20-8-3-2-4-9-20)18-17(21)14-10-12-6-5-7-13(12)11-15(14)24-18/h10-11H,2-9H2,1H3/b18-16-. The van der Waals surface area contributed by atoms with Crippen LogP contribution in [-0.2, 0) is 22.4 Å². The van der Waals surface area contributed by atoms with Crippen molar-refractivity contribution >= 4 is 11.8 Å². The molecule has 1 aromatic rings. The minimum atomic E-state index is -0.499. The number of esters is 1. The Labute approximate surface area is 141 Å². The van der Waals surface area contributed by atoms with Crippen molar-refractivity contribution in [2.75, 3.05) is 20.2 Å². The van der Waals surface area contributed by atoms with E-state index in [4.69, 9.17) is 9.47 Å². The third kappa shape index (κ3) is 2.39. The highest BCUT2D eigenvalue weighted by atomic mass is 16.5. The largest absolute Gasteiger partial charge is 0.464 e. The fourth-order valence-electron chi connectivity index (χ4n) is 3.88. The van der Waals surface area contributed by atoms with Crippen LogP contribution in [0.15, 0.2) is 23.6 Å². The zero-order valence-corrected chi connectivity index (χ0v) is 13.9. The summed E-state index contributed by atoms with van der Waals surface area (Å²) >= 11 is 0. The lowest BCUT2D eigenvalue weighted by molar-refractivity contribution is -0.138. The van der Waals surface area contributed by atoms with Gasteiger partial charge in [0.25, 0.3) is 0 Å². The Morgan fingerprint density at radius 2 is 1.79 bits per heavy atom. The third-order valence-electron chi connectivity index (χ3n) is 5.12. The van der Waals surface area contributed by atoms with Crippen LogP contribution in [0.3, 0.4) is 0 Å². The zero-order valence-electron chi connectivity index (χ0n) is 13.9. The van der Waals surface area contributed by atoms with E-state index in [2.05, 4.69) is 0 Å². The number of benzene rings is 1. The molecule has 0 N–H and O–H groups in total. The molecular formula is C19H21NO4. The smallest absolute Gasteiger partial charge is 0.358 e. The number of fused-ring (bicyclic) bond motifs is 2. The molecule has 0 spiro atoms. The molecule has 0 radical (unpaired) electrons. The Kier molecular flexibility index (Phi) is 3.79. The third-order valence-corrected chi connectivity index (χ3v) is 5.12. The number of piperidine rings is 1. The van der Waals surface area contributed by atoms with E-state index in [0.717, 1.165) is 51.6 Å². The number of likely N-dealkylation sites (tertiary alicyclic amines) is 1. The first-order valence-corrected chi connectivity index (χ1v) is 8.65. The Hall–Kier alpha value is -2.30. The predicted octanol–water partition coefficient (Wildman–Crippen LogP) is 2.62. The predicted molar refractivity (Wildman–Crippen MR) is 87.9 cm³/mol. The van der Waals surface area contributed by atoms with E-state index >= 15 is 0 Å².